The minimum absolute atomic E-state index is 0.0928. The lowest BCUT2D eigenvalue weighted by Gasteiger charge is -2.37. The van der Waals surface area contributed by atoms with Gasteiger partial charge in [-0.05, 0) is 56.2 Å². The number of benzene rings is 1. The Bertz CT molecular complexity index is 1430. The predicted molar refractivity (Wildman–Crippen MR) is 133 cm³/mol. The number of hydrogen-bond donors (Lipinski definition) is 2. The zero-order valence-corrected chi connectivity index (χ0v) is 20.3. The molecule has 1 spiro atoms. The van der Waals surface area contributed by atoms with Gasteiger partial charge in [-0.2, -0.15) is 0 Å². The fourth-order valence-electron chi connectivity index (χ4n) is 5.43. The molecule has 1 fully saturated rings. The van der Waals surface area contributed by atoms with Crippen molar-refractivity contribution < 1.29 is 14.2 Å². The summed E-state index contributed by atoms with van der Waals surface area (Å²) >= 11 is 0. The summed E-state index contributed by atoms with van der Waals surface area (Å²) < 4.78 is 13.0. The first-order valence-electron chi connectivity index (χ1n) is 12.1. The van der Waals surface area contributed by atoms with E-state index in [0.29, 0.717) is 29.9 Å². The molecule has 0 bridgehead atoms. The Morgan fingerprint density at radius 1 is 1.22 bits per heavy atom. The van der Waals surface area contributed by atoms with Crippen LogP contribution in [0, 0.1) is 0 Å². The number of likely N-dealkylation sites (N-methyl/N-ethyl adjacent to an activating group) is 1. The van der Waals surface area contributed by atoms with E-state index < -0.39 is 5.60 Å². The number of hydrogen-bond acceptors (Lipinski definition) is 10. The molecule has 0 atom stereocenters. The predicted octanol–water partition coefficient (Wildman–Crippen LogP) is 3.22. The number of pyridine rings is 1. The van der Waals surface area contributed by atoms with Gasteiger partial charge in [-0.15, -0.1) is 0 Å². The molecule has 1 aliphatic heterocycles. The molecule has 4 aromatic rings. The van der Waals surface area contributed by atoms with Crippen molar-refractivity contribution in [2.24, 2.45) is 0 Å². The number of carbonyl (C=O) groups is 1. The Morgan fingerprint density at radius 3 is 2.78 bits per heavy atom. The van der Waals surface area contributed by atoms with E-state index >= 15 is 0 Å². The third-order valence-corrected chi connectivity index (χ3v) is 7.22. The minimum atomic E-state index is -0.574. The number of anilines is 2. The van der Waals surface area contributed by atoms with E-state index in [2.05, 4.69) is 30.1 Å². The molecule has 6 rings (SSSR count). The number of nitrogens with one attached hydrogen (secondary N) is 1. The number of esters is 1. The number of nitrogens with zero attached hydrogens (tertiary/aromatic N) is 6. The van der Waals surface area contributed by atoms with Gasteiger partial charge in [-0.3, -0.25) is 0 Å². The van der Waals surface area contributed by atoms with Crippen LogP contribution in [0.4, 0.5) is 11.6 Å². The molecule has 11 heteroatoms. The third kappa shape index (κ3) is 3.67. The van der Waals surface area contributed by atoms with Crippen LogP contribution >= 0.6 is 0 Å². The van der Waals surface area contributed by atoms with Crippen molar-refractivity contribution >= 4 is 28.6 Å². The average Bonchev–Trinajstić information content (AvgIpc) is 3.54. The second-order valence-corrected chi connectivity index (χ2v) is 9.75. The van der Waals surface area contributed by atoms with Crippen LogP contribution in [0.5, 0.6) is 0 Å². The highest BCUT2D eigenvalue weighted by atomic mass is 16.6. The number of imidazole rings is 1. The molecular formula is C25H28N8O3. The van der Waals surface area contributed by atoms with Crippen LogP contribution in [-0.2, 0) is 10.3 Å². The Labute approximate surface area is 207 Å². The summed E-state index contributed by atoms with van der Waals surface area (Å²) in [6, 6.07) is 9.81. The van der Waals surface area contributed by atoms with Crippen molar-refractivity contribution in [3.63, 3.8) is 0 Å². The number of rotatable bonds is 6. The zero-order chi connectivity index (χ0) is 24.9. The second kappa shape index (κ2) is 8.59. The van der Waals surface area contributed by atoms with Gasteiger partial charge in [-0.25, -0.2) is 19.4 Å². The van der Waals surface area contributed by atoms with Gasteiger partial charge >= 0.3 is 5.97 Å². The van der Waals surface area contributed by atoms with Gasteiger partial charge in [0, 0.05) is 30.8 Å². The quantitative estimate of drug-likeness (QED) is 0.389. The van der Waals surface area contributed by atoms with Crippen molar-refractivity contribution in [3.05, 3.63) is 47.7 Å². The van der Waals surface area contributed by atoms with Crippen LogP contribution in [0.1, 0.15) is 47.6 Å². The molecule has 186 valence electrons. The van der Waals surface area contributed by atoms with E-state index in [-0.39, 0.29) is 17.8 Å². The van der Waals surface area contributed by atoms with Crippen LogP contribution in [-0.4, -0.2) is 62.9 Å². The van der Waals surface area contributed by atoms with Crippen LogP contribution in [0.2, 0.25) is 0 Å². The maximum Gasteiger partial charge on any atom is 0.339 e. The first-order valence-corrected chi connectivity index (χ1v) is 12.1. The lowest BCUT2D eigenvalue weighted by Crippen LogP contribution is -2.33. The Hall–Kier alpha value is -3.99. The molecule has 11 nitrogen and oxygen atoms in total. The smallest absolute Gasteiger partial charge is 0.339 e. The summed E-state index contributed by atoms with van der Waals surface area (Å²) in [6.45, 7) is 1.65. The Balaban J connectivity index is 1.36. The number of nitrogen functional groups attached to an aromatic ring is 1. The molecule has 0 unspecified atom stereocenters. The average molecular weight is 489 g/mol. The van der Waals surface area contributed by atoms with E-state index in [0.717, 1.165) is 48.3 Å². The molecule has 1 aromatic carbocycles. The number of carbonyl (C=O) groups excluding carboxylic acids is 1. The summed E-state index contributed by atoms with van der Waals surface area (Å²) in [5, 5.41) is 11.2. The van der Waals surface area contributed by atoms with Gasteiger partial charge in [0.05, 0.1) is 17.3 Å². The monoisotopic (exact) mass is 488 g/mol. The van der Waals surface area contributed by atoms with Crippen molar-refractivity contribution in [1.29, 1.82) is 0 Å². The van der Waals surface area contributed by atoms with Crippen molar-refractivity contribution in [1.82, 2.24) is 29.7 Å². The van der Waals surface area contributed by atoms with Crippen LogP contribution < -0.4 is 11.1 Å². The molecule has 1 aliphatic carbocycles. The Morgan fingerprint density at radius 2 is 2.03 bits per heavy atom. The number of ether oxygens (including phenoxy) is 1. The van der Waals surface area contributed by atoms with Crippen LogP contribution in [0.25, 0.3) is 22.6 Å². The first-order chi connectivity index (χ1) is 17.4. The maximum atomic E-state index is 12.5. The number of aromatic nitrogens is 5. The highest BCUT2D eigenvalue weighted by Crippen LogP contribution is 2.50. The molecule has 0 amide bonds. The molecular weight excluding hydrogens is 460 g/mol. The topological polar surface area (TPSA) is 137 Å². The normalized spacial score (nSPS) is 21.3. The highest BCUT2D eigenvalue weighted by molar-refractivity contribution is 5.94. The molecule has 1 saturated carbocycles. The van der Waals surface area contributed by atoms with Gasteiger partial charge in [0.25, 0.3) is 0 Å². The van der Waals surface area contributed by atoms with Crippen LogP contribution in [0.15, 0.2) is 41.2 Å². The molecule has 36 heavy (non-hydrogen) atoms. The molecule has 3 aromatic heterocycles. The van der Waals surface area contributed by atoms with Gasteiger partial charge in [0.15, 0.2) is 17.3 Å². The van der Waals surface area contributed by atoms with Crippen molar-refractivity contribution in [2.75, 3.05) is 38.2 Å². The van der Waals surface area contributed by atoms with E-state index in [1.54, 1.807) is 6.20 Å². The maximum absolute atomic E-state index is 12.5. The summed E-state index contributed by atoms with van der Waals surface area (Å²) in [7, 11) is 4.07. The Kier molecular flexibility index (Phi) is 5.36. The summed E-state index contributed by atoms with van der Waals surface area (Å²) in [4.78, 5) is 24.0. The fraction of sp³-hybridized carbons (Fsp3) is 0.400. The SMILES string of the molecule is CN(C)CCNc1cc2c(cn1)nc(-c1nonc1N)n2C1CCC2(CC1)OC(=O)c1ccccc12. The molecule has 0 saturated heterocycles. The fourth-order valence-corrected chi connectivity index (χ4v) is 5.43. The summed E-state index contributed by atoms with van der Waals surface area (Å²) in [6.07, 6.45) is 4.76. The van der Waals surface area contributed by atoms with Crippen molar-refractivity contribution in [2.45, 2.75) is 37.3 Å². The van der Waals surface area contributed by atoms with Crippen molar-refractivity contribution in [3.8, 4) is 11.5 Å². The van der Waals surface area contributed by atoms with Gasteiger partial charge in [-0.1, -0.05) is 18.2 Å². The second-order valence-electron chi connectivity index (χ2n) is 9.75. The van der Waals surface area contributed by atoms with Gasteiger partial charge in [0.1, 0.15) is 16.9 Å². The van der Waals surface area contributed by atoms with Crippen LogP contribution in [0.3, 0.4) is 0 Å². The molecule has 2 aliphatic rings. The van der Waals surface area contributed by atoms with E-state index in [1.807, 2.05) is 44.4 Å². The number of fused-ring (bicyclic) bond motifs is 3. The van der Waals surface area contributed by atoms with Gasteiger partial charge < -0.3 is 25.3 Å². The lowest BCUT2D eigenvalue weighted by atomic mass is 9.77. The first kappa shape index (κ1) is 22.5. The van der Waals surface area contributed by atoms with E-state index in [1.165, 1.54) is 0 Å². The largest absolute Gasteiger partial charge is 0.451 e. The molecule has 0 radical (unpaired) electrons. The molecule has 4 heterocycles. The number of nitrogens with two attached hydrogens (primary N) is 1. The van der Waals surface area contributed by atoms with E-state index in [9.17, 15) is 4.79 Å². The lowest BCUT2D eigenvalue weighted by molar-refractivity contribution is -0.0344. The highest BCUT2D eigenvalue weighted by Gasteiger charge is 2.48. The zero-order valence-electron chi connectivity index (χ0n) is 20.3. The third-order valence-electron chi connectivity index (χ3n) is 7.22. The standard InChI is InChI=1S/C25H28N8O3/c1-32(2)12-11-27-20-13-19-18(14-28-20)29-23(21-22(26)31-36-30-21)33(19)15-7-9-25(10-8-15)17-6-4-3-5-16(17)24(34)35-25/h3-6,13-15H,7-12H2,1-2H3,(H2,26,31)(H,27,28). The minimum Gasteiger partial charge on any atom is -0.451 e. The summed E-state index contributed by atoms with van der Waals surface area (Å²) in [5.41, 5.74) is 9.24. The van der Waals surface area contributed by atoms with E-state index in [4.69, 9.17) is 20.1 Å². The van der Waals surface area contributed by atoms with Gasteiger partial charge in [0.2, 0.25) is 0 Å². The molecule has 3 N–H and O–H groups in total. The summed E-state index contributed by atoms with van der Waals surface area (Å²) in [5.74, 6) is 1.32.